The van der Waals surface area contributed by atoms with Crippen LogP contribution in [0.5, 0.6) is 0 Å². The van der Waals surface area contributed by atoms with E-state index in [0.29, 0.717) is 33.1 Å². The van der Waals surface area contributed by atoms with Gasteiger partial charge in [-0.3, -0.25) is 4.90 Å². The monoisotopic (exact) mass is 478 g/mol. The van der Waals surface area contributed by atoms with E-state index in [1.165, 1.54) is 35.2 Å². The number of amides is 2. The summed E-state index contributed by atoms with van der Waals surface area (Å²) in [5.41, 5.74) is 2.44. The molecule has 0 fully saturated rings. The third-order valence-electron chi connectivity index (χ3n) is 5.47. The molecular weight excluding hydrogens is 462 g/mol. The molecule has 1 aliphatic heterocycles. The maximum Gasteiger partial charge on any atom is 0.327 e. The van der Waals surface area contributed by atoms with Crippen molar-refractivity contribution in [3.63, 3.8) is 0 Å². The Morgan fingerprint density at radius 3 is 2.47 bits per heavy atom. The average Bonchev–Trinajstić information content (AvgIpc) is 3.28. The highest BCUT2D eigenvalue weighted by Crippen LogP contribution is 2.39. The van der Waals surface area contributed by atoms with Gasteiger partial charge in [-0.05, 0) is 55.0 Å². The minimum atomic E-state index is -0.670. The summed E-state index contributed by atoms with van der Waals surface area (Å²) in [4.78, 5) is 19.0. The number of urea groups is 1. The number of anilines is 1. The maximum atomic E-state index is 13.9. The topological polar surface area (TPSA) is 71.3 Å². The lowest BCUT2D eigenvalue weighted by Gasteiger charge is -2.35. The number of carbonyl (C=O) groups excluding carboxylic acids is 1. The predicted molar refractivity (Wildman–Crippen MR) is 124 cm³/mol. The molecule has 0 saturated heterocycles. The van der Waals surface area contributed by atoms with Gasteiger partial charge in [0.2, 0.25) is 5.82 Å². The molecule has 0 saturated carbocycles. The number of nitrogens with zero attached hydrogens (tertiary/aromatic N) is 3. The van der Waals surface area contributed by atoms with Crippen LogP contribution < -0.4 is 10.2 Å². The van der Waals surface area contributed by atoms with Crippen molar-refractivity contribution < 1.29 is 18.1 Å². The molecule has 1 N–H and O–H groups in total. The van der Waals surface area contributed by atoms with E-state index >= 15 is 0 Å². The Balaban J connectivity index is 1.67. The predicted octanol–water partition coefficient (Wildman–Crippen LogP) is 6.37. The molecule has 34 heavy (non-hydrogen) atoms. The van der Waals surface area contributed by atoms with Crippen molar-refractivity contribution in [2.24, 2.45) is 0 Å². The number of allylic oxidation sites excluding steroid dienone is 1. The van der Waals surface area contributed by atoms with E-state index in [-0.39, 0.29) is 11.7 Å². The smallest absolute Gasteiger partial charge is 0.327 e. The minimum Gasteiger partial charge on any atom is -0.334 e. The lowest BCUT2D eigenvalue weighted by molar-refractivity contribution is 0.244. The van der Waals surface area contributed by atoms with E-state index in [4.69, 9.17) is 16.1 Å². The van der Waals surface area contributed by atoms with Gasteiger partial charge in [0.1, 0.15) is 11.6 Å². The fraction of sp³-hybridized carbons (Fsp3) is 0.0800. The lowest BCUT2D eigenvalue weighted by Crippen LogP contribution is -2.46. The Morgan fingerprint density at radius 1 is 1.00 bits per heavy atom. The highest BCUT2D eigenvalue weighted by molar-refractivity contribution is 6.30. The molecule has 1 aliphatic rings. The van der Waals surface area contributed by atoms with E-state index < -0.39 is 23.7 Å². The van der Waals surface area contributed by atoms with E-state index in [1.807, 2.05) is 6.07 Å². The molecule has 2 amide bonds. The summed E-state index contributed by atoms with van der Waals surface area (Å²) < 4.78 is 33.2. The van der Waals surface area contributed by atoms with Crippen LogP contribution in [0.2, 0.25) is 5.02 Å². The summed E-state index contributed by atoms with van der Waals surface area (Å²) in [7, 11) is 0. The Hall–Kier alpha value is -4.04. The molecule has 1 aromatic heterocycles. The van der Waals surface area contributed by atoms with E-state index in [0.717, 1.165) is 0 Å². The number of hydrogen-bond donors (Lipinski definition) is 1. The summed E-state index contributed by atoms with van der Waals surface area (Å²) in [5.74, 6) is -0.599. The summed E-state index contributed by atoms with van der Waals surface area (Å²) >= 11 is 6.20. The molecule has 170 valence electrons. The number of hydrogen-bond acceptors (Lipinski definition) is 4. The zero-order chi connectivity index (χ0) is 23.8. The first-order chi connectivity index (χ1) is 16.4. The molecule has 5 rings (SSSR count). The largest absolute Gasteiger partial charge is 0.334 e. The zero-order valence-corrected chi connectivity index (χ0v) is 18.6. The maximum absolute atomic E-state index is 13.9. The lowest BCUT2D eigenvalue weighted by atomic mass is 9.94. The summed E-state index contributed by atoms with van der Waals surface area (Å²) in [6, 6.07) is 17.4. The van der Waals surface area contributed by atoms with Crippen LogP contribution in [0.4, 0.5) is 19.3 Å². The van der Waals surface area contributed by atoms with Crippen LogP contribution >= 0.6 is 11.6 Å². The average molecular weight is 479 g/mol. The van der Waals surface area contributed by atoms with Gasteiger partial charge in [-0.2, -0.15) is 4.98 Å². The van der Waals surface area contributed by atoms with Crippen LogP contribution in [0.3, 0.4) is 0 Å². The second-order valence-electron chi connectivity index (χ2n) is 7.69. The standard InChI is InChI=1S/C25H17ClF2N4O2/c1-14-21(24-30-23(31-34-24)16-6-3-8-18(27)12-16)22(15-5-2-7-17(26)11-15)29-25(33)32(14)20-10-4-9-19(28)13-20/h2-13,22H,1H3,(H,29,33). The van der Waals surface area contributed by atoms with Gasteiger partial charge in [0, 0.05) is 16.3 Å². The van der Waals surface area contributed by atoms with Crippen LogP contribution in [-0.2, 0) is 0 Å². The number of halogens is 3. The third kappa shape index (κ3) is 4.04. The summed E-state index contributed by atoms with van der Waals surface area (Å²) in [6.07, 6.45) is 0. The van der Waals surface area contributed by atoms with Crippen molar-refractivity contribution in [2.75, 3.05) is 4.90 Å². The van der Waals surface area contributed by atoms with Gasteiger partial charge in [-0.1, -0.05) is 47.1 Å². The van der Waals surface area contributed by atoms with Crippen molar-refractivity contribution in [2.45, 2.75) is 13.0 Å². The van der Waals surface area contributed by atoms with Gasteiger partial charge < -0.3 is 9.84 Å². The fourth-order valence-electron chi connectivity index (χ4n) is 3.96. The van der Waals surface area contributed by atoms with E-state index in [1.54, 1.807) is 43.3 Å². The van der Waals surface area contributed by atoms with Crippen molar-refractivity contribution in [3.8, 4) is 11.4 Å². The Morgan fingerprint density at radius 2 is 1.74 bits per heavy atom. The number of carbonyl (C=O) groups is 1. The second-order valence-corrected chi connectivity index (χ2v) is 8.12. The molecule has 0 radical (unpaired) electrons. The number of benzene rings is 3. The van der Waals surface area contributed by atoms with Crippen LogP contribution in [0.25, 0.3) is 17.0 Å². The molecule has 9 heteroatoms. The van der Waals surface area contributed by atoms with E-state index in [2.05, 4.69) is 15.5 Å². The third-order valence-corrected chi connectivity index (χ3v) is 5.71. The van der Waals surface area contributed by atoms with Crippen molar-refractivity contribution in [1.82, 2.24) is 15.5 Å². The molecule has 0 aliphatic carbocycles. The van der Waals surface area contributed by atoms with Crippen molar-refractivity contribution in [3.05, 3.63) is 107 Å². The second kappa shape index (κ2) is 8.72. The Kier molecular flexibility index (Phi) is 5.59. The van der Waals surface area contributed by atoms with Crippen molar-refractivity contribution in [1.29, 1.82) is 0 Å². The molecule has 0 bridgehead atoms. The van der Waals surface area contributed by atoms with Gasteiger partial charge in [-0.15, -0.1) is 0 Å². The van der Waals surface area contributed by atoms with Gasteiger partial charge in [-0.25, -0.2) is 13.6 Å². The minimum absolute atomic E-state index is 0.128. The quantitative estimate of drug-likeness (QED) is 0.370. The molecule has 6 nitrogen and oxygen atoms in total. The summed E-state index contributed by atoms with van der Waals surface area (Å²) in [6.45, 7) is 1.71. The Labute approximate surface area is 198 Å². The SMILES string of the molecule is CC1=C(c2nc(-c3cccc(F)c3)no2)C(c2cccc(Cl)c2)NC(=O)N1c1cccc(F)c1. The van der Waals surface area contributed by atoms with Crippen LogP contribution in [-0.4, -0.2) is 16.2 Å². The number of nitrogens with one attached hydrogen (secondary N) is 1. The number of aromatic nitrogens is 2. The zero-order valence-electron chi connectivity index (χ0n) is 17.8. The van der Waals surface area contributed by atoms with Gasteiger partial charge in [0.05, 0.1) is 17.3 Å². The molecule has 2 heterocycles. The molecule has 0 spiro atoms. The van der Waals surface area contributed by atoms with Crippen molar-refractivity contribution >= 4 is 28.9 Å². The first kappa shape index (κ1) is 21.8. The molecule has 4 aromatic rings. The Bertz CT molecular complexity index is 1440. The van der Waals surface area contributed by atoms with Crippen LogP contribution in [0.1, 0.15) is 24.4 Å². The number of rotatable bonds is 4. The van der Waals surface area contributed by atoms with Crippen LogP contribution in [0, 0.1) is 11.6 Å². The molecule has 1 unspecified atom stereocenters. The molecular formula is C25H17ClF2N4O2. The highest BCUT2D eigenvalue weighted by atomic mass is 35.5. The molecule has 3 aromatic carbocycles. The van der Waals surface area contributed by atoms with Crippen LogP contribution in [0.15, 0.2) is 83.0 Å². The normalized spacial score (nSPS) is 16.1. The first-order valence-corrected chi connectivity index (χ1v) is 10.7. The highest BCUT2D eigenvalue weighted by Gasteiger charge is 2.36. The van der Waals surface area contributed by atoms with Gasteiger partial charge in [0.15, 0.2) is 0 Å². The van der Waals surface area contributed by atoms with Gasteiger partial charge >= 0.3 is 6.03 Å². The first-order valence-electron chi connectivity index (χ1n) is 10.3. The molecule has 1 atom stereocenters. The fourth-order valence-corrected chi connectivity index (χ4v) is 4.16. The summed E-state index contributed by atoms with van der Waals surface area (Å²) in [5, 5.41) is 7.42. The van der Waals surface area contributed by atoms with Gasteiger partial charge in [0.25, 0.3) is 5.89 Å². The van der Waals surface area contributed by atoms with E-state index in [9.17, 15) is 13.6 Å².